The van der Waals surface area contributed by atoms with E-state index in [9.17, 15) is 13.2 Å². The Hall–Kier alpha value is -2.53. The maximum atomic E-state index is 13.6. The highest BCUT2D eigenvalue weighted by Crippen LogP contribution is 2.33. The molecule has 2 heterocycles. The van der Waals surface area contributed by atoms with Crippen molar-refractivity contribution >= 4 is 42.6 Å². The van der Waals surface area contributed by atoms with Crippen molar-refractivity contribution in [3.05, 3.63) is 48.0 Å². The Kier molecular flexibility index (Phi) is 7.51. The third kappa shape index (κ3) is 4.95. The predicted octanol–water partition coefficient (Wildman–Crippen LogP) is 4.16. The van der Waals surface area contributed by atoms with E-state index in [1.54, 1.807) is 38.0 Å². The van der Waals surface area contributed by atoms with Crippen LogP contribution in [0.4, 0.5) is 5.13 Å². The molecule has 182 valence electrons. The van der Waals surface area contributed by atoms with E-state index in [4.69, 9.17) is 9.47 Å². The molecule has 0 bridgehead atoms. The van der Waals surface area contributed by atoms with E-state index in [0.29, 0.717) is 36.9 Å². The molecule has 3 aromatic rings. The second-order valence-electron chi connectivity index (χ2n) is 7.99. The number of anilines is 1. The van der Waals surface area contributed by atoms with Gasteiger partial charge in [-0.3, -0.25) is 9.69 Å². The van der Waals surface area contributed by atoms with Gasteiger partial charge in [0.2, 0.25) is 10.0 Å². The Morgan fingerprint density at radius 1 is 1.18 bits per heavy atom. The van der Waals surface area contributed by atoms with Crippen LogP contribution in [-0.2, 0) is 14.8 Å². The molecule has 2 aromatic carbocycles. The zero-order valence-electron chi connectivity index (χ0n) is 19.6. The number of hydrogen-bond donors (Lipinski definition) is 0. The minimum atomic E-state index is -3.59. The van der Waals surface area contributed by atoms with Crippen LogP contribution in [0.1, 0.15) is 37.0 Å². The van der Waals surface area contributed by atoms with Gasteiger partial charge < -0.3 is 9.47 Å². The maximum Gasteiger partial charge on any atom is 0.260 e. The van der Waals surface area contributed by atoms with Crippen molar-refractivity contribution in [2.24, 2.45) is 0 Å². The number of sulfonamides is 1. The summed E-state index contributed by atoms with van der Waals surface area (Å²) in [5.74, 6) is 0.484. The Morgan fingerprint density at radius 2 is 1.91 bits per heavy atom. The minimum Gasteiger partial charge on any atom is -0.497 e. The molecular formula is C24H29N3O5S2. The highest BCUT2D eigenvalue weighted by molar-refractivity contribution is 7.89. The first-order valence-electron chi connectivity index (χ1n) is 11.4. The monoisotopic (exact) mass is 503 g/mol. The molecule has 1 saturated heterocycles. The Labute approximate surface area is 204 Å². The third-order valence-corrected chi connectivity index (χ3v) is 9.02. The van der Waals surface area contributed by atoms with Gasteiger partial charge in [-0.15, -0.1) is 0 Å². The molecule has 0 aliphatic carbocycles. The van der Waals surface area contributed by atoms with E-state index in [2.05, 4.69) is 4.98 Å². The van der Waals surface area contributed by atoms with Crippen molar-refractivity contribution in [3.8, 4) is 5.75 Å². The number of methoxy groups -OCH3 is 1. The molecule has 34 heavy (non-hydrogen) atoms. The van der Waals surface area contributed by atoms with Crippen LogP contribution in [-0.4, -0.2) is 63.1 Å². The van der Waals surface area contributed by atoms with Gasteiger partial charge >= 0.3 is 0 Å². The number of nitrogens with zero attached hydrogens (tertiary/aromatic N) is 3. The summed E-state index contributed by atoms with van der Waals surface area (Å²) in [6, 6.07) is 11.7. The number of carbonyl (C=O) groups excluding carboxylic acids is 1. The van der Waals surface area contributed by atoms with E-state index >= 15 is 0 Å². The summed E-state index contributed by atoms with van der Waals surface area (Å²) >= 11 is 1.41. The number of carbonyl (C=O) groups is 1. The first kappa shape index (κ1) is 24.6. The molecule has 0 N–H and O–H groups in total. The molecule has 8 nitrogen and oxygen atoms in total. The van der Waals surface area contributed by atoms with E-state index in [0.717, 1.165) is 28.8 Å². The molecule has 1 fully saturated rings. The van der Waals surface area contributed by atoms with Gasteiger partial charge in [-0.1, -0.05) is 25.2 Å². The van der Waals surface area contributed by atoms with Crippen molar-refractivity contribution in [1.29, 1.82) is 0 Å². The smallest absolute Gasteiger partial charge is 0.260 e. The molecule has 0 radical (unpaired) electrons. The molecule has 0 spiro atoms. The van der Waals surface area contributed by atoms with Gasteiger partial charge in [-0.05, 0) is 55.3 Å². The minimum absolute atomic E-state index is 0.0622. The number of fused-ring (bicyclic) bond motifs is 1. The molecule has 1 atom stereocenters. The average molecular weight is 504 g/mol. The Balaban J connectivity index is 1.66. The van der Waals surface area contributed by atoms with Crippen LogP contribution in [0.5, 0.6) is 5.75 Å². The summed E-state index contributed by atoms with van der Waals surface area (Å²) in [6.45, 7) is 5.44. The topological polar surface area (TPSA) is 89.0 Å². The summed E-state index contributed by atoms with van der Waals surface area (Å²) in [5.41, 5.74) is 1.18. The highest BCUT2D eigenvalue weighted by Gasteiger charge is 2.28. The first-order valence-corrected chi connectivity index (χ1v) is 13.6. The van der Waals surface area contributed by atoms with Crippen molar-refractivity contribution < 1.29 is 22.7 Å². The Morgan fingerprint density at radius 3 is 2.53 bits per heavy atom. The fraction of sp³-hybridized carbons (Fsp3) is 0.417. The number of rotatable bonds is 9. The van der Waals surface area contributed by atoms with Crippen molar-refractivity contribution in [3.63, 3.8) is 0 Å². The number of amides is 1. The number of aromatic nitrogens is 1. The van der Waals surface area contributed by atoms with Crippen LogP contribution in [0.15, 0.2) is 47.4 Å². The summed E-state index contributed by atoms with van der Waals surface area (Å²) in [4.78, 5) is 20.1. The second-order valence-corrected chi connectivity index (χ2v) is 10.9. The van der Waals surface area contributed by atoms with E-state index in [1.165, 1.54) is 27.8 Å². The van der Waals surface area contributed by atoms with E-state index in [-0.39, 0.29) is 16.9 Å². The van der Waals surface area contributed by atoms with Gasteiger partial charge in [0, 0.05) is 25.3 Å². The van der Waals surface area contributed by atoms with Gasteiger partial charge in [0.05, 0.1) is 34.9 Å². The summed E-state index contributed by atoms with van der Waals surface area (Å²) < 4.78 is 39.0. The first-order chi connectivity index (χ1) is 16.4. The average Bonchev–Trinajstić information content (AvgIpc) is 3.52. The van der Waals surface area contributed by atoms with E-state index in [1.807, 2.05) is 18.2 Å². The number of hydrogen-bond acceptors (Lipinski definition) is 7. The fourth-order valence-corrected chi connectivity index (χ4v) is 6.47. The van der Waals surface area contributed by atoms with Crippen LogP contribution in [0.2, 0.25) is 0 Å². The summed E-state index contributed by atoms with van der Waals surface area (Å²) in [7, 11) is -1.98. The van der Waals surface area contributed by atoms with Gasteiger partial charge in [0.1, 0.15) is 5.75 Å². The Bertz CT molecular complexity index is 1250. The lowest BCUT2D eigenvalue weighted by molar-refractivity contribution is 0.0917. The number of benzene rings is 2. The normalized spacial score (nSPS) is 16.3. The number of thiazole rings is 1. The maximum absolute atomic E-state index is 13.6. The van der Waals surface area contributed by atoms with Gasteiger partial charge in [0.15, 0.2) is 5.13 Å². The summed E-state index contributed by atoms with van der Waals surface area (Å²) in [6.07, 6.45) is 1.78. The molecular weight excluding hydrogens is 474 g/mol. The van der Waals surface area contributed by atoms with Crippen LogP contribution < -0.4 is 9.64 Å². The van der Waals surface area contributed by atoms with Crippen molar-refractivity contribution in [2.45, 2.75) is 37.7 Å². The van der Waals surface area contributed by atoms with Crippen LogP contribution in [0, 0.1) is 0 Å². The zero-order valence-corrected chi connectivity index (χ0v) is 21.2. The van der Waals surface area contributed by atoms with Crippen molar-refractivity contribution in [1.82, 2.24) is 9.29 Å². The zero-order chi connectivity index (χ0) is 24.3. The molecule has 0 saturated carbocycles. The molecule has 10 heteroatoms. The van der Waals surface area contributed by atoms with Crippen LogP contribution in [0.3, 0.4) is 0 Å². The largest absolute Gasteiger partial charge is 0.497 e. The van der Waals surface area contributed by atoms with Gasteiger partial charge in [-0.25, -0.2) is 13.4 Å². The highest BCUT2D eigenvalue weighted by atomic mass is 32.2. The quantitative estimate of drug-likeness (QED) is 0.436. The molecule has 1 aliphatic heterocycles. The molecule has 1 unspecified atom stereocenters. The van der Waals surface area contributed by atoms with Gasteiger partial charge in [-0.2, -0.15) is 4.31 Å². The van der Waals surface area contributed by atoms with Crippen molar-refractivity contribution in [2.75, 3.05) is 38.3 Å². The third-order valence-electron chi connectivity index (χ3n) is 5.92. The molecule has 1 aromatic heterocycles. The van der Waals surface area contributed by atoms with E-state index < -0.39 is 10.0 Å². The summed E-state index contributed by atoms with van der Waals surface area (Å²) in [5, 5.41) is 0.573. The van der Waals surface area contributed by atoms with Crippen LogP contribution >= 0.6 is 11.3 Å². The lowest BCUT2D eigenvalue weighted by atomic mass is 10.2. The molecule has 4 rings (SSSR count). The fourth-order valence-electron chi connectivity index (χ4n) is 4.01. The van der Waals surface area contributed by atoms with Crippen LogP contribution in [0.25, 0.3) is 10.2 Å². The van der Waals surface area contributed by atoms with Gasteiger partial charge in [0.25, 0.3) is 5.91 Å². The molecule has 1 amide bonds. The standard InChI is InChI=1S/C24H29N3O5S2/c1-4-26(5-2)34(29,30)20-11-8-17(9-12-20)23(28)27(16-19-7-6-14-32-19)24-25-21-13-10-18(31-3)15-22(21)33-24/h8-13,15,19H,4-7,14,16H2,1-3H3. The predicted molar refractivity (Wildman–Crippen MR) is 133 cm³/mol. The second kappa shape index (κ2) is 10.4. The lowest BCUT2D eigenvalue weighted by Crippen LogP contribution is -2.37. The number of ether oxygens (including phenoxy) is 2. The SMILES string of the molecule is CCN(CC)S(=O)(=O)c1ccc(C(=O)N(CC2CCCO2)c2nc3ccc(OC)cc3s2)cc1. The lowest BCUT2D eigenvalue weighted by Gasteiger charge is -2.23. The molecule has 1 aliphatic rings.